The highest BCUT2D eigenvalue weighted by Gasteiger charge is 2.17. The fraction of sp³-hybridized carbons (Fsp3) is 0. The van der Waals surface area contributed by atoms with E-state index in [1.807, 2.05) is 42.5 Å². The van der Waals surface area contributed by atoms with E-state index in [-0.39, 0.29) is 0 Å². The smallest absolute Gasteiger partial charge is 0.227 e. The normalized spacial score (nSPS) is 11.6. The zero-order chi connectivity index (χ0) is 36.3. The van der Waals surface area contributed by atoms with Crippen LogP contribution in [0.15, 0.2) is 203 Å². The van der Waals surface area contributed by atoms with Gasteiger partial charge >= 0.3 is 0 Å². The fourth-order valence-electron chi connectivity index (χ4n) is 7.94. The van der Waals surface area contributed by atoms with Crippen molar-refractivity contribution in [2.45, 2.75) is 0 Å². The van der Waals surface area contributed by atoms with Crippen LogP contribution < -0.4 is 4.90 Å². The third-order valence-electron chi connectivity index (χ3n) is 10.7. The predicted octanol–water partition coefficient (Wildman–Crippen LogP) is 14.5. The SMILES string of the molecule is c1ccc(-c2ccc(N(c3ccc(-c4ccc5ccc6c(ccc7nc(-c8ccccc8)oc76)c5c4)cc3)c3ccc4c(c3)oc3ccccc34)cc2)cc1. The van der Waals surface area contributed by atoms with Crippen molar-refractivity contribution >= 4 is 71.6 Å². The maximum Gasteiger partial charge on any atom is 0.227 e. The van der Waals surface area contributed by atoms with Gasteiger partial charge in [0.15, 0.2) is 5.58 Å². The molecular formula is C51H32N2O2. The Hall–Kier alpha value is -7.43. The number of benzene rings is 9. The van der Waals surface area contributed by atoms with Crippen LogP contribution in [0.25, 0.3) is 88.3 Å². The molecule has 0 spiro atoms. The van der Waals surface area contributed by atoms with E-state index in [9.17, 15) is 0 Å². The lowest BCUT2D eigenvalue weighted by atomic mass is 9.96. The van der Waals surface area contributed by atoms with Crippen LogP contribution in [0.4, 0.5) is 17.1 Å². The Balaban J connectivity index is 0.990. The first kappa shape index (κ1) is 31.1. The molecule has 11 aromatic rings. The Morgan fingerprint density at radius 3 is 1.67 bits per heavy atom. The molecule has 2 heterocycles. The van der Waals surface area contributed by atoms with Crippen molar-refractivity contribution in [1.82, 2.24) is 4.98 Å². The molecule has 0 saturated heterocycles. The van der Waals surface area contributed by atoms with Gasteiger partial charge in [-0.05, 0) is 111 Å². The molecule has 0 unspecified atom stereocenters. The van der Waals surface area contributed by atoms with Gasteiger partial charge in [0, 0.05) is 44.9 Å². The summed E-state index contributed by atoms with van der Waals surface area (Å²) in [5.74, 6) is 0.635. The summed E-state index contributed by atoms with van der Waals surface area (Å²) in [5, 5.41) is 6.79. The first-order valence-electron chi connectivity index (χ1n) is 18.5. The quantitative estimate of drug-likeness (QED) is 0.162. The van der Waals surface area contributed by atoms with Crippen molar-refractivity contribution in [3.8, 4) is 33.7 Å². The summed E-state index contributed by atoms with van der Waals surface area (Å²) >= 11 is 0. The van der Waals surface area contributed by atoms with E-state index in [1.54, 1.807) is 0 Å². The van der Waals surface area contributed by atoms with Crippen LogP contribution in [0.2, 0.25) is 0 Å². The molecule has 0 radical (unpaired) electrons. The molecule has 0 aliphatic carbocycles. The molecule has 9 aromatic carbocycles. The Labute approximate surface area is 317 Å². The number of nitrogens with zero attached hydrogens (tertiary/aromatic N) is 2. The van der Waals surface area contributed by atoms with Gasteiger partial charge in [-0.1, -0.05) is 115 Å². The first-order chi connectivity index (χ1) is 27.2. The van der Waals surface area contributed by atoms with Gasteiger partial charge in [0.25, 0.3) is 0 Å². The Bertz CT molecular complexity index is 3180. The number of oxazole rings is 1. The number of rotatable bonds is 6. The molecule has 0 atom stereocenters. The Morgan fingerprint density at radius 1 is 0.345 bits per heavy atom. The van der Waals surface area contributed by atoms with E-state index in [2.05, 4.69) is 157 Å². The number of fused-ring (bicyclic) bond motifs is 8. The Morgan fingerprint density at radius 2 is 0.909 bits per heavy atom. The number of para-hydroxylation sites is 1. The van der Waals surface area contributed by atoms with Crippen LogP contribution in [-0.2, 0) is 0 Å². The second kappa shape index (κ2) is 12.6. The molecule has 2 aromatic heterocycles. The summed E-state index contributed by atoms with van der Waals surface area (Å²) in [6.07, 6.45) is 0. The summed E-state index contributed by atoms with van der Waals surface area (Å²) in [5.41, 5.74) is 12.2. The van der Waals surface area contributed by atoms with Gasteiger partial charge in [0.2, 0.25) is 5.89 Å². The number of hydrogen-bond acceptors (Lipinski definition) is 4. The standard InChI is InChI=1S/C51H32N2O2/c1-3-9-33(10-4-1)34-17-22-39(23-18-34)53(41-26-28-44-43-13-7-8-14-48(43)54-49(44)32-41)40-24-19-35(20-25-40)38-16-15-36-21-27-45-42(46(36)31-38)29-30-47-50(45)55-51(52-47)37-11-5-2-6-12-37/h1-32H. The predicted molar refractivity (Wildman–Crippen MR) is 227 cm³/mol. The van der Waals surface area contributed by atoms with Gasteiger partial charge in [-0.15, -0.1) is 0 Å². The Kier molecular flexibility index (Phi) is 7.14. The number of anilines is 3. The summed E-state index contributed by atoms with van der Waals surface area (Å²) in [6.45, 7) is 0. The van der Waals surface area contributed by atoms with Gasteiger partial charge in [0.05, 0.1) is 0 Å². The van der Waals surface area contributed by atoms with Crippen molar-refractivity contribution < 1.29 is 8.83 Å². The average Bonchev–Trinajstić information content (AvgIpc) is 3.87. The third-order valence-corrected chi connectivity index (χ3v) is 10.7. The van der Waals surface area contributed by atoms with Gasteiger partial charge in [-0.3, -0.25) is 0 Å². The van der Waals surface area contributed by atoms with E-state index in [1.165, 1.54) is 21.9 Å². The summed E-state index contributed by atoms with van der Waals surface area (Å²) in [7, 11) is 0. The molecule has 258 valence electrons. The second-order valence-electron chi connectivity index (χ2n) is 14.0. The zero-order valence-electron chi connectivity index (χ0n) is 29.7. The molecule has 0 saturated carbocycles. The highest BCUT2D eigenvalue weighted by molar-refractivity contribution is 6.16. The van der Waals surface area contributed by atoms with Gasteiger partial charge < -0.3 is 13.7 Å². The number of hydrogen-bond donors (Lipinski definition) is 0. The van der Waals surface area contributed by atoms with E-state index in [4.69, 9.17) is 13.8 Å². The van der Waals surface area contributed by atoms with Gasteiger partial charge in [-0.25, -0.2) is 4.98 Å². The van der Waals surface area contributed by atoms with Crippen LogP contribution in [0, 0.1) is 0 Å². The summed E-state index contributed by atoms with van der Waals surface area (Å²) in [6, 6.07) is 68.2. The summed E-state index contributed by atoms with van der Waals surface area (Å²) in [4.78, 5) is 7.11. The third kappa shape index (κ3) is 5.34. The van der Waals surface area contributed by atoms with Crippen LogP contribution in [-0.4, -0.2) is 4.98 Å². The largest absolute Gasteiger partial charge is 0.456 e. The number of furan rings is 1. The van der Waals surface area contributed by atoms with E-state index in [0.29, 0.717) is 5.89 Å². The molecule has 4 nitrogen and oxygen atoms in total. The topological polar surface area (TPSA) is 42.4 Å². The van der Waals surface area contributed by atoms with E-state index >= 15 is 0 Å². The van der Waals surface area contributed by atoms with E-state index in [0.717, 1.165) is 77.6 Å². The molecule has 11 rings (SSSR count). The fourth-order valence-corrected chi connectivity index (χ4v) is 7.94. The number of aromatic nitrogens is 1. The van der Waals surface area contributed by atoms with Crippen molar-refractivity contribution in [2.75, 3.05) is 4.90 Å². The summed E-state index contributed by atoms with van der Waals surface area (Å²) < 4.78 is 12.7. The lowest BCUT2D eigenvalue weighted by Gasteiger charge is -2.26. The van der Waals surface area contributed by atoms with Crippen molar-refractivity contribution in [2.24, 2.45) is 0 Å². The van der Waals surface area contributed by atoms with Crippen LogP contribution >= 0.6 is 0 Å². The minimum Gasteiger partial charge on any atom is -0.456 e. The molecule has 4 heteroatoms. The van der Waals surface area contributed by atoms with Gasteiger partial charge in [-0.2, -0.15) is 0 Å². The highest BCUT2D eigenvalue weighted by Crippen LogP contribution is 2.41. The molecule has 0 N–H and O–H groups in total. The van der Waals surface area contributed by atoms with Crippen LogP contribution in [0.5, 0.6) is 0 Å². The van der Waals surface area contributed by atoms with Crippen molar-refractivity contribution in [3.63, 3.8) is 0 Å². The van der Waals surface area contributed by atoms with Crippen molar-refractivity contribution in [3.05, 3.63) is 194 Å². The lowest BCUT2D eigenvalue weighted by Crippen LogP contribution is -2.09. The average molecular weight is 705 g/mol. The monoisotopic (exact) mass is 704 g/mol. The lowest BCUT2D eigenvalue weighted by molar-refractivity contribution is 0.623. The first-order valence-corrected chi connectivity index (χ1v) is 18.5. The van der Waals surface area contributed by atoms with Crippen LogP contribution in [0.1, 0.15) is 0 Å². The molecule has 0 bridgehead atoms. The molecular weight excluding hydrogens is 673 g/mol. The zero-order valence-corrected chi connectivity index (χ0v) is 29.7. The minimum absolute atomic E-state index is 0.635. The second-order valence-corrected chi connectivity index (χ2v) is 14.0. The molecule has 55 heavy (non-hydrogen) atoms. The maximum atomic E-state index is 6.39. The minimum atomic E-state index is 0.635. The maximum absolute atomic E-state index is 6.39. The van der Waals surface area contributed by atoms with Crippen molar-refractivity contribution in [1.29, 1.82) is 0 Å². The van der Waals surface area contributed by atoms with Crippen LogP contribution in [0.3, 0.4) is 0 Å². The molecule has 0 fully saturated rings. The molecule has 0 amide bonds. The highest BCUT2D eigenvalue weighted by atomic mass is 16.3. The van der Waals surface area contributed by atoms with Gasteiger partial charge in [0.1, 0.15) is 16.7 Å². The molecule has 0 aliphatic heterocycles. The van der Waals surface area contributed by atoms with E-state index < -0.39 is 0 Å². The molecule has 0 aliphatic rings.